The zero-order valence-corrected chi connectivity index (χ0v) is 12.1. The van der Waals surface area contributed by atoms with Crippen molar-refractivity contribution in [3.05, 3.63) is 23.7 Å². The molecule has 0 saturated carbocycles. The lowest BCUT2D eigenvalue weighted by molar-refractivity contribution is -0.147. The van der Waals surface area contributed by atoms with E-state index >= 15 is 0 Å². The molecule has 1 aromatic rings. The fraction of sp³-hybridized carbons (Fsp3) is 0.462. The van der Waals surface area contributed by atoms with E-state index in [-0.39, 0.29) is 6.54 Å². The summed E-state index contributed by atoms with van der Waals surface area (Å²) in [4.78, 5) is 35.3. The third-order valence-electron chi connectivity index (χ3n) is 2.73. The molecular weight excluding hydrogens is 280 g/mol. The van der Waals surface area contributed by atoms with Gasteiger partial charge >= 0.3 is 18.0 Å². The van der Waals surface area contributed by atoms with Crippen LogP contribution in [0.2, 0.25) is 0 Å². The number of carbonyl (C=O) groups excluding carboxylic acids is 2. The molecule has 21 heavy (non-hydrogen) atoms. The van der Waals surface area contributed by atoms with Crippen LogP contribution in [0.3, 0.4) is 0 Å². The van der Waals surface area contributed by atoms with Gasteiger partial charge < -0.3 is 24.5 Å². The van der Waals surface area contributed by atoms with Crippen molar-refractivity contribution in [2.75, 3.05) is 14.2 Å². The highest BCUT2D eigenvalue weighted by Gasteiger charge is 2.25. The molecule has 0 aliphatic carbocycles. The summed E-state index contributed by atoms with van der Waals surface area (Å²) in [5, 5.41) is 11.2. The number of ether oxygens (including phenoxy) is 1. The second-order valence-corrected chi connectivity index (χ2v) is 4.49. The van der Waals surface area contributed by atoms with Gasteiger partial charge in [-0.3, -0.25) is 4.79 Å². The molecule has 1 atom stereocenters. The summed E-state index contributed by atoms with van der Waals surface area (Å²) in [6, 6.07) is 1.52. The van der Waals surface area contributed by atoms with Gasteiger partial charge in [0.05, 0.1) is 20.1 Å². The molecule has 0 aromatic carbocycles. The van der Waals surface area contributed by atoms with E-state index in [1.807, 2.05) is 0 Å². The van der Waals surface area contributed by atoms with Crippen LogP contribution in [0, 0.1) is 6.92 Å². The smallest absolute Gasteiger partial charge is 0.326 e. The van der Waals surface area contributed by atoms with E-state index in [9.17, 15) is 14.4 Å². The Hall–Kier alpha value is -2.51. The van der Waals surface area contributed by atoms with Crippen LogP contribution in [0.4, 0.5) is 4.79 Å². The number of hydrogen-bond acceptors (Lipinski definition) is 5. The number of methoxy groups -OCH3 is 1. The summed E-state index contributed by atoms with van der Waals surface area (Å²) in [5.74, 6) is -0.735. The molecule has 0 spiro atoms. The van der Waals surface area contributed by atoms with Crippen molar-refractivity contribution in [2.45, 2.75) is 25.9 Å². The predicted octanol–water partition coefficient (Wildman–Crippen LogP) is 0.746. The van der Waals surface area contributed by atoms with Crippen molar-refractivity contribution in [3.63, 3.8) is 0 Å². The van der Waals surface area contributed by atoms with Crippen molar-refractivity contribution >= 4 is 18.0 Å². The first kappa shape index (κ1) is 16.5. The summed E-state index contributed by atoms with van der Waals surface area (Å²) >= 11 is 0. The summed E-state index contributed by atoms with van der Waals surface area (Å²) < 4.78 is 9.72. The number of carboxylic acid groups (broad SMARTS) is 1. The highest BCUT2D eigenvalue weighted by atomic mass is 16.5. The van der Waals surface area contributed by atoms with Crippen LogP contribution in [-0.4, -0.2) is 48.2 Å². The number of esters is 1. The van der Waals surface area contributed by atoms with E-state index in [1.165, 1.54) is 11.9 Å². The highest BCUT2D eigenvalue weighted by Crippen LogP contribution is 2.09. The first-order chi connectivity index (χ1) is 9.83. The zero-order valence-electron chi connectivity index (χ0n) is 12.1. The molecule has 0 saturated heterocycles. The van der Waals surface area contributed by atoms with Crippen LogP contribution < -0.4 is 5.32 Å². The van der Waals surface area contributed by atoms with Crippen molar-refractivity contribution in [2.24, 2.45) is 0 Å². The van der Waals surface area contributed by atoms with Gasteiger partial charge in [0.15, 0.2) is 0 Å². The molecule has 0 aliphatic rings. The van der Waals surface area contributed by atoms with Gasteiger partial charge in [-0.25, -0.2) is 9.59 Å². The fourth-order valence-corrected chi connectivity index (χ4v) is 1.58. The van der Waals surface area contributed by atoms with Crippen LogP contribution in [0.15, 0.2) is 16.5 Å². The standard InChI is InChI=1S/C13H18N2O6/c1-8-4-5-9(21-8)7-15(2)13(19)14-10(12(17)18)6-11(16)20-3/h4-5,10H,6-7H2,1-3H3,(H,14,19)(H,17,18)/t10-/m0/s1. The minimum atomic E-state index is -1.34. The number of aryl methyl sites for hydroxylation is 1. The maximum Gasteiger partial charge on any atom is 0.326 e. The molecule has 0 radical (unpaired) electrons. The van der Waals surface area contributed by atoms with Crippen LogP contribution in [0.25, 0.3) is 0 Å². The van der Waals surface area contributed by atoms with Crippen molar-refractivity contribution < 1.29 is 28.6 Å². The third-order valence-corrected chi connectivity index (χ3v) is 2.73. The van der Waals surface area contributed by atoms with Crippen molar-refractivity contribution in [3.8, 4) is 0 Å². The Morgan fingerprint density at radius 3 is 2.57 bits per heavy atom. The minimum absolute atomic E-state index is 0.185. The average molecular weight is 298 g/mol. The van der Waals surface area contributed by atoms with Gasteiger partial charge in [-0.2, -0.15) is 0 Å². The molecule has 0 unspecified atom stereocenters. The normalized spacial score (nSPS) is 11.6. The molecule has 8 nitrogen and oxygen atoms in total. The first-order valence-electron chi connectivity index (χ1n) is 6.20. The van der Waals surface area contributed by atoms with Crippen LogP contribution in [0.1, 0.15) is 17.9 Å². The van der Waals surface area contributed by atoms with Crippen LogP contribution >= 0.6 is 0 Å². The highest BCUT2D eigenvalue weighted by molar-refractivity contribution is 5.86. The van der Waals surface area contributed by atoms with E-state index in [1.54, 1.807) is 19.1 Å². The maximum atomic E-state index is 11.9. The van der Waals surface area contributed by atoms with E-state index in [2.05, 4.69) is 10.1 Å². The topological polar surface area (TPSA) is 109 Å². The molecular formula is C13H18N2O6. The average Bonchev–Trinajstić information content (AvgIpc) is 2.82. The molecule has 0 fully saturated rings. The monoisotopic (exact) mass is 298 g/mol. The lowest BCUT2D eigenvalue weighted by Gasteiger charge is -2.20. The summed E-state index contributed by atoms with van der Waals surface area (Å²) in [6.45, 7) is 1.96. The largest absolute Gasteiger partial charge is 0.480 e. The summed E-state index contributed by atoms with van der Waals surface area (Å²) in [7, 11) is 2.64. The minimum Gasteiger partial charge on any atom is -0.480 e. The van der Waals surface area contributed by atoms with Gasteiger partial charge in [0.25, 0.3) is 0 Å². The number of carboxylic acids is 1. The SMILES string of the molecule is COC(=O)C[C@H](NC(=O)N(C)Cc1ccc(C)o1)C(=O)O. The second-order valence-electron chi connectivity index (χ2n) is 4.49. The Labute approximate surface area is 121 Å². The number of hydrogen-bond donors (Lipinski definition) is 2. The Balaban J connectivity index is 2.59. The van der Waals surface area contributed by atoms with Crippen molar-refractivity contribution in [1.29, 1.82) is 0 Å². The van der Waals surface area contributed by atoms with Gasteiger partial charge in [0.2, 0.25) is 0 Å². The molecule has 116 valence electrons. The quantitative estimate of drug-likeness (QED) is 0.750. The predicted molar refractivity (Wildman–Crippen MR) is 71.5 cm³/mol. The Morgan fingerprint density at radius 1 is 1.43 bits per heavy atom. The fourth-order valence-electron chi connectivity index (χ4n) is 1.58. The van der Waals surface area contributed by atoms with E-state index in [4.69, 9.17) is 9.52 Å². The third kappa shape index (κ3) is 5.17. The second kappa shape index (κ2) is 7.32. The molecule has 0 bridgehead atoms. The molecule has 8 heteroatoms. The Morgan fingerprint density at radius 2 is 2.10 bits per heavy atom. The number of amides is 2. The van der Waals surface area contributed by atoms with Gasteiger partial charge in [-0.15, -0.1) is 0 Å². The Kier molecular flexibility index (Phi) is 5.77. The zero-order chi connectivity index (χ0) is 16.0. The molecule has 2 N–H and O–H groups in total. The molecule has 0 aliphatic heterocycles. The number of furan rings is 1. The molecule has 2 amide bonds. The van der Waals surface area contributed by atoms with Crippen LogP contribution in [0.5, 0.6) is 0 Å². The van der Waals surface area contributed by atoms with Crippen LogP contribution in [-0.2, 0) is 20.9 Å². The van der Waals surface area contributed by atoms with E-state index in [0.717, 1.165) is 7.11 Å². The maximum absolute atomic E-state index is 11.9. The number of urea groups is 1. The lowest BCUT2D eigenvalue weighted by Crippen LogP contribution is -2.47. The molecule has 1 rings (SSSR count). The summed E-state index contributed by atoms with van der Waals surface area (Å²) in [6.07, 6.45) is -0.439. The van der Waals surface area contributed by atoms with E-state index < -0.39 is 30.4 Å². The van der Waals surface area contributed by atoms with Gasteiger partial charge in [0.1, 0.15) is 17.6 Å². The van der Waals surface area contributed by atoms with Crippen molar-refractivity contribution in [1.82, 2.24) is 10.2 Å². The Bertz CT molecular complexity index is 524. The number of nitrogens with zero attached hydrogens (tertiary/aromatic N) is 1. The van der Waals surface area contributed by atoms with Gasteiger partial charge in [-0.05, 0) is 19.1 Å². The first-order valence-corrected chi connectivity index (χ1v) is 6.20. The van der Waals surface area contributed by atoms with Gasteiger partial charge in [-0.1, -0.05) is 0 Å². The van der Waals surface area contributed by atoms with E-state index in [0.29, 0.717) is 11.5 Å². The number of aliphatic carboxylic acids is 1. The number of rotatable bonds is 6. The van der Waals surface area contributed by atoms with Gasteiger partial charge in [0, 0.05) is 7.05 Å². The number of carbonyl (C=O) groups is 3. The molecule has 1 heterocycles. The lowest BCUT2D eigenvalue weighted by atomic mass is 10.2. The molecule has 1 aromatic heterocycles. The summed E-state index contributed by atoms with van der Waals surface area (Å²) in [5.41, 5.74) is 0. The number of nitrogens with one attached hydrogen (secondary N) is 1.